The number of thioether (sulfide) groups is 1. The van der Waals surface area contributed by atoms with Gasteiger partial charge in [-0.25, -0.2) is 4.52 Å². The predicted molar refractivity (Wildman–Crippen MR) is 60.2 cm³/mol. The van der Waals surface area contributed by atoms with Gasteiger partial charge in [0.05, 0.1) is 11.9 Å². The van der Waals surface area contributed by atoms with Crippen molar-refractivity contribution in [1.82, 2.24) is 14.6 Å². The first-order valence-corrected chi connectivity index (χ1v) is 6.15. The van der Waals surface area contributed by atoms with Crippen molar-refractivity contribution in [2.24, 2.45) is 0 Å². The molecule has 0 fully saturated rings. The fourth-order valence-corrected chi connectivity index (χ4v) is 3.06. The molecule has 0 saturated carbocycles. The van der Waals surface area contributed by atoms with E-state index in [4.69, 9.17) is 0 Å². The Morgan fingerprint density at radius 3 is 3.27 bits per heavy atom. The van der Waals surface area contributed by atoms with E-state index in [1.54, 1.807) is 11.8 Å². The molecular weight excluding hydrogens is 210 g/mol. The van der Waals surface area contributed by atoms with Crippen molar-refractivity contribution < 1.29 is 0 Å². The van der Waals surface area contributed by atoms with Crippen LogP contribution in [0.25, 0.3) is 5.65 Å². The summed E-state index contributed by atoms with van der Waals surface area (Å²) < 4.78 is 1.88. The quantitative estimate of drug-likeness (QED) is 0.790. The van der Waals surface area contributed by atoms with E-state index in [1.165, 1.54) is 0 Å². The number of hydrogen-bond donors (Lipinski definition) is 1. The number of aromatic nitrogens is 3. The van der Waals surface area contributed by atoms with Crippen LogP contribution < -0.4 is 5.56 Å². The Morgan fingerprint density at radius 2 is 2.47 bits per heavy atom. The van der Waals surface area contributed by atoms with Gasteiger partial charge in [-0.1, -0.05) is 6.92 Å². The molecule has 78 valence electrons. The summed E-state index contributed by atoms with van der Waals surface area (Å²) in [4.78, 5) is 14.7. The third-order valence-electron chi connectivity index (χ3n) is 2.82. The molecule has 0 amide bonds. The van der Waals surface area contributed by atoms with Crippen molar-refractivity contribution in [2.75, 3.05) is 0 Å². The predicted octanol–water partition coefficient (Wildman–Crippen LogP) is 1.33. The standard InChI is InChI=1S/C10H11N3OS/c1-2-6-3-11-13-8-5-15-4-7(8)10(14)12-9(6)13/h3H,2,4-5H2,1H3,(H,12,14). The highest BCUT2D eigenvalue weighted by Gasteiger charge is 2.20. The minimum atomic E-state index is 0.0534. The van der Waals surface area contributed by atoms with E-state index < -0.39 is 0 Å². The first kappa shape index (κ1) is 9.03. The van der Waals surface area contributed by atoms with Crippen LogP contribution >= 0.6 is 11.8 Å². The van der Waals surface area contributed by atoms with Crippen molar-refractivity contribution in [2.45, 2.75) is 24.9 Å². The van der Waals surface area contributed by atoms with Gasteiger partial charge in [0.2, 0.25) is 0 Å². The molecule has 0 spiro atoms. The van der Waals surface area contributed by atoms with Gasteiger partial charge in [-0.3, -0.25) is 4.79 Å². The topological polar surface area (TPSA) is 50.2 Å². The summed E-state index contributed by atoms with van der Waals surface area (Å²) in [6, 6.07) is 0. The van der Waals surface area contributed by atoms with E-state index >= 15 is 0 Å². The van der Waals surface area contributed by atoms with Gasteiger partial charge in [0.15, 0.2) is 0 Å². The van der Waals surface area contributed by atoms with Crippen molar-refractivity contribution in [1.29, 1.82) is 0 Å². The second kappa shape index (κ2) is 3.13. The number of aryl methyl sites for hydroxylation is 1. The zero-order chi connectivity index (χ0) is 10.4. The van der Waals surface area contributed by atoms with E-state index in [-0.39, 0.29) is 5.56 Å². The highest BCUT2D eigenvalue weighted by molar-refractivity contribution is 7.98. The number of nitrogens with zero attached hydrogens (tertiary/aromatic N) is 2. The number of H-pyrrole nitrogens is 1. The molecule has 0 saturated heterocycles. The summed E-state index contributed by atoms with van der Waals surface area (Å²) in [5, 5.41) is 4.34. The van der Waals surface area contributed by atoms with Crippen molar-refractivity contribution in [3.8, 4) is 0 Å². The molecule has 1 aliphatic heterocycles. The Hall–Kier alpha value is -1.23. The van der Waals surface area contributed by atoms with Gasteiger partial charge in [-0.2, -0.15) is 16.9 Å². The normalized spacial score (nSPS) is 14.7. The summed E-state index contributed by atoms with van der Waals surface area (Å²) in [7, 11) is 0. The third-order valence-corrected chi connectivity index (χ3v) is 3.79. The summed E-state index contributed by atoms with van der Waals surface area (Å²) >= 11 is 1.77. The molecule has 0 atom stereocenters. The van der Waals surface area contributed by atoms with Crippen molar-refractivity contribution in [3.05, 3.63) is 33.4 Å². The lowest BCUT2D eigenvalue weighted by molar-refractivity contribution is 0.870. The van der Waals surface area contributed by atoms with Crippen LogP contribution in [-0.2, 0) is 17.9 Å². The van der Waals surface area contributed by atoms with E-state index in [9.17, 15) is 4.79 Å². The number of rotatable bonds is 1. The molecule has 1 N–H and O–H groups in total. The van der Waals surface area contributed by atoms with Gasteiger partial charge in [0.1, 0.15) is 5.65 Å². The third kappa shape index (κ3) is 1.16. The lowest BCUT2D eigenvalue weighted by Crippen LogP contribution is -2.16. The van der Waals surface area contributed by atoms with Gasteiger partial charge < -0.3 is 4.98 Å². The first-order valence-electron chi connectivity index (χ1n) is 4.99. The molecule has 3 heterocycles. The van der Waals surface area contributed by atoms with Gasteiger partial charge in [0.25, 0.3) is 5.56 Å². The number of nitrogens with one attached hydrogen (secondary N) is 1. The van der Waals surface area contributed by atoms with Crippen LogP contribution in [0.15, 0.2) is 11.0 Å². The molecule has 0 bridgehead atoms. The van der Waals surface area contributed by atoms with Crippen LogP contribution in [0.2, 0.25) is 0 Å². The van der Waals surface area contributed by atoms with Crippen LogP contribution in [0.1, 0.15) is 23.7 Å². The zero-order valence-electron chi connectivity index (χ0n) is 8.41. The SMILES string of the molecule is CCc1cnn2c3c(c(=O)[nH]c12)CSC3. The number of hydrogen-bond acceptors (Lipinski definition) is 3. The minimum absolute atomic E-state index is 0.0534. The average molecular weight is 221 g/mol. The molecule has 2 aromatic heterocycles. The monoisotopic (exact) mass is 221 g/mol. The Balaban J connectivity index is 2.44. The molecule has 0 aromatic carbocycles. The number of aromatic amines is 1. The minimum Gasteiger partial charge on any atom is -0.306 e. The molecule has 0 radical (unpaired) electrons. The zero-order valence-corrected chi connectivity index (χ0v) is 9.23. The van der Waals surface area contributed by atoms with Gasteiger partial charge in [0, 0.05) is 22.6 Å². The van der Waals surface area contributed by atoms with Crippen molar-refractivity contribution in [3.63, 3.8) is 0 Å². The van der Waals surface area contributed by atoms with Gasteiger partial charge in [-0.05, 0) is 6.42 Å². The second-order valence-corrected chi connectivity index (χ2v) is 4.64. The van der Waals surface area contributed by atoms with E-state index in [0.29, 0.717) is 0 Å². The fraction of sp³-hybridized carbons (Fsp3) is 0.400. The summed E-state index contributed by atoms with van der Waals surface area (Å²) in [6.07, 6.45) is 2.74. The maximum atomic E-state index is 11.8. The van der Waals surface area contributed by atoms with Gasteiger partial charge >= 0.3 is 0 Å². The molecule has 3 rings (SSSR count). The molecular formula is C10H11N3OS. The molecule has 0 aliphatic carbocycles. The van der Waals surface area contributed by atoms with E-state index in [2.05, 4.69) is 17.0 Å². The van der Waals surface area contributed by atoms with Crippen LogP contribution in [-0.4, -0.2) is 14.6 Å². The Labute approximate surface area is 90.7 Å². The molecule has 0 unspecified atom stereocenters. The summed E-state index contributed by atoms with van der Waals surface area (Å²) in [5.41, 5.74) is 3.98. The highest BCUT2D eigenvalue weighted by Crippen LogP contribution is 2.27. The maximum absolute atomic E-state index is 11.8. The first-order chi connectivity index (χ1) is 7.31. The lowest BCUT2D eigenvalue weighted by atomic mass is 10.2. The van der Waals surface area contributed by atoms with Crippen LogP contribution in [0.5, 0.6) is 0 Å². The maximum Gasteiger partial charge on any atom is 0.255 e. The summed E-state index contributed by atoms with van der Waals surface area (Å²) in [5.74, 6) is 1.70. The lowest BCUT2D eigenvalue weighted by Gasteiger charge is -2.01. The fourth-order valence-electron chi connectivity index (χ4n) is 1.97. The average Bonchev–Trinajstić information content (AvgIpc) is 2.81. The van der Waals surface area contributed by atoms with E-state index in [0.717, 1.165) is 40.4 Å². The molecule has 1 aliphatic rings. The van der Waals surface area contributed by atoms with E-state index in [1.807, 2.05) is 10.7 Å². The largest absolute Gasteiger partial charge is 0.306 e. The Kier molecular flexibility index (Phi) is 1.88. The molecule has 4 nitrogen and oxygen atoms in total. The van der Waals surface area contributed by atoms with Crippen LogP contribution in [0.4, 0.5) is 0 Å². The van der Waals surface area contributed by atoms with Crippen molar-refractivity contribution >= 4 is 17.4 Å². The molecule has 2 aromatic rings. The van der Waals surface area contributed by atoms with Gasteiger partial charge in [-0.15, -0.1) is 0 Å². The van der Waals surface area contributed by atoms with Crippen LogP contribution in [0, 0.1) is 0 Å². The molecule has 5 heteroatoms. The Bertz CT molecular complexity index is 584. The Morgan fingerprint density at radius 1 is 1.60 bits per heavy atom. The number of fused-ring (bicyclic) bond motifs is 3. The highest BCUT2D eigenvalue weighted by atomic mass is 32.2. The second-order valence-electron chi connectivity index (χ2n) is 3.66. The summed E-state index contributed by atoms with van der Waals surface area (Å²) in [6.45, 7) is 2.07. The smallest absolute Gasteiger partial charge is 0.255 e. The molecule has 15 heavy (non-hydrogen) atoms. The van der Waals surface area contributed by atoms with Crippen LogP contribution in [0.3, 0.4) is 0 Å².